The summed E-state index contributed by atoms with van der Waals surface area (Å²) in [5.41, 5.74) is 5.72. The monoisotopic (exact) mass is 328 g/mol. The molecule has 110 valence electrons. The lowest BCUT2D eigenvalue weighted by Crippen LogP contribution is -2.34. The average Bonchev–Trinajstić information content (AvgIpc) is 2.72. The lowest BCUT2D eigenvalue weighted by Gasteiger charge is -2.03. The molecule has 1 heterocycles. The lowest BCUT2D eigenvalue weighted by molar-refractivity contribution is 0.0950. The zero-order valence-corrected chi connectivity index (χ0v) is 12.8. The van der Waals surface area contributed by atoms with Gasteiger partial charge in [-0.1, -0.05) is 0 Å². The number of amides is 1. The largest absolute Gasteiger partial charge is 0.349 e. The maximum absolute atomic E-state index is 11.6. The number of hydrogen-bond acceptors (Lipinski definition) is 6. The van der Waals surface area contributed by atoms with Gasteiger partial charge in [-0.3, -0.25) is 4.79 Å². The highest BCUT2D eigenvalue weighted by atomic mass is 35.5. The van der Waals surface area contributed by atoms with Gasteiger partial charge in [0, 0.05) is 24.9 Å². The summed E-state index contributed by atoms with van der Waals surface area (Å²) < 4.78 is 23.8. The van der Waals surface area contributed by atoms with E-state index in [0.717, 1.165) is 11.3 Å². The Balaban J connectivity index is 0.00000324. The quantitative estimate of drug-likeness (QED) is 0.575. The van der Waals surface area contributed by atoms with Crippen LogP contribution >= 0.6 is 23.7 Å². The first kappa shape index (κ1) is 18.3. The normalized spacial score (nSPS) is 10.8. The van der Waals surface area contributed by atoms with Crippen molar-refractivity contribution in [1.29, 1.82) is 0 Å². The van der Waals surface area contributed by atoms with Crippen LogP contribution in [0.25, 0.3) is 0 Å². The van der Waals surface area contributed by atoms with Crippen LogP contribution in [0.15, 0.2) is 5.38 Å². The van der Waals surface area contributed by atoms with Gasteiger partial charge in [0.25, 0.3) is 5.91 Å². The fourth-order valence-corrected chi connectivity index (χ4v) is 2.42. The topological polar surface area (TPSA) is 114 Å². The Morgan fingerprint density at radius 3 is 2.74 bits per heavy atom. The predicted octanol–water partition coefficient (Wildman–Crippen LogP) is -0.655. The van der Waals surface area contributed by atoms with Gasteiger partial charge in [0.05, 0.1) is 11.3 Å². The highest BCUT2D eigenvalue weighted by molar-refractivity contribution is 7.88. The summed E-state index contributed by atoms with van der Waals surface area (Å²) in [7, 11) is -3.22. The van der Waals surface area contributed by atoms with Crippen LogP contribution in [0.1, 0.15) is 15.5 Å². The Hall–Kier alpha value is -0.740. The minimum Gasteiger partial charge on any atom is -0.349 e. The van der Waals surface area contributed by atoms with Crippen molar-refractivity contribution in [1.82, 2.24) is 15.0 Å². The summed E-state index contributed by atoms with van der Waals surface area (Å²) in [6, 6.07) is 0. The van der Waals surface area contributed by atoms with Gasteiger partial charge in [-0.2, -0.15) is 0 Å². The van der Waals surface area contributed by atoms with E-state index in [1.165, 1.54) is 11.3 Å². The second-order valence-corrected chi connectivity index (χ2v) is 6.36. The molecule has 0 aliphatic heterocycles. The van der Waals surface area contributed by atoms with Crippen LogP contribution in [0.5, 0.6) is 0 Å². The molecule has 1 amide bonds. The third-order valence-corrected chi connectivity index (χ3v) is 3.55. The Morgan fingerprint density at radius 1 is 1.47 bits per heavy atom. The van der Waals surface area contributed by atoms with Gasteiger partial charge in [0.1, 0.15) is 5.69 Å². The van der Waals surface area contributed by atoms with Crippen molar-refractivity contribution in [2.24, 2.45) is 5.73 Å². The number of carbonyl (C=O) groups excluding carboxylic acids is 1. The first-order chi connectivity index (χ1) is 8.42. The van der Waals surface area contributed by atoms with Crippen LogP contribution in [0.4, 0.5) is 0 Å². The first-order valence-corrected chi connectivity index (χ1v) is 8.07. The highest BCUT2D eigenvalue weighted by Crippen LogP contribution is 2.09. The number of thiazole rings is 1. The van der Waals surface area contributed by atoms with Gasteiger partial charge in [-0.05, 0) is 6.54 Å². The highest BCUT2D eigenvalue weighted by Gasteiger charge is 2.10. The maximum atomic E-state index is 11.6. The molecule has 0 bridgehead atoms. The lowest BCUT2D eigenvalue weighted by atomic mass is 10.4. The molecule has 1 aromatic rings. The van der Waals surface area contributed by atoms with Gasteiger partial charge in [0.15, 0.2) is 0 Å². The van der Waals surface area contributed by atoms with Crippen LogP contribution in [0.3, 0.4) is 0 Å². The van der Waals surface area contributed by atoms with Crippen LogP contribution in [0.2, 0.25) is 0 Å². The Bertz CT molecular complexity index is 503. The van der Waals surface area contributed by atoms with E-state index in [0.29, 0.717) is 18.7 Å². The fourth-order valence-electron chi connectivity index (χ4n) is 1.16. The van der Waals surface area contributed by atoms with Crippen LogP contribution in [-0.4, -0.2) is 45.2 Å². The minimum atomic E-state index is -3.22. The summed E-state index contributed by atoms with van der Waals surface area (Å²) >= 11 is 1.38. The molecule has 0 spiro atoms. The third kappa shape index (κ3) is 7.43. The SMILES string of the molecule is CS(=O)(=O)NCCNC(=O)c1csc(CCN)n1.Cl. The molecular formula is C9H17ClN4O3S2. The van der Waals surface area contributed by atoms with Crippen LogP contribution < -0.4 is 15.8 Å². The molecule has 0 unspecified atom stereocenters. The number of halogens is 1. The molecule has 4 N–H and O–H groups in total. The van der Waals surface area contributed by atoms with E-state index >= 15 is 0 Å². The zero-order chi connectivity index (χ0) is 13.6. The van der Waals surface area contributed by atoms with Gasteiger partial charge >= 0.3 is 0 Å². The molecule has 0 aliphatic carbocycles. The standard InChI is InChI=1S/C9H16N4O3S2.ClH/c1-18(15,16)12-5-4-11-9(14)7-6-17-8(13-7)2-3-10;/h6,12H,2-5,10H2,1H3,(H,11,14);1H. The number of rotatable bonds is 7. The summed E-state index contributed by atoms with van der Waals surface area (Å²) in [6.07, 6.45) is 1.71. The molecule has 0 saturated heterocycles. The number of nitrogens with one attached hydrogen (secondary N) is 2. The van der Waals surface area contributed by atoms with Crippen molar-refractivity contribution in [3.63, 3.8) is 0 Å². The second-order valence-electron chi connectivity index (χ2n) is 3.59. The van der Waals surface area contributed by atoms with Crippen molar-refractivity contribution in [3.8, 4) is 0 Å². The minimum absolute atomic E-state index is 0. The van der Waals surface area contributed by atoms with E-state index in [9.17, 15) is 13.2 Å². The number of nitrogens with two attached hydrogens (primary N) is 1. The molecule has 7 nitrogen and oxygen atoms in total. The molecule has 1 rings (SSSR count). The van der Waals surface area contributed by atoms with Crippen molar-refractivity contribution < 1.29 is 13.2 Å². The van der Waals surface area contributed by atoms with Crippen molar-refractivity contribution >= 4 is 39.7 Å². The molecule has 0 aliphatic rings. The molecule has 1 aromatic heterocycles. The van der Waals surface area contributed by atoms with E-state index in [-0.39, 0.29) is 31.4 Å². The summed E-state index contributed by atoms with van der Waals surface area (Å²) in [5, 5.41) is 5.05. The van der Waals surface area contributed by atoms with E-state index in [4.69, 9.17) is 5.73 Å². The van der Waals surface area contributed by atoms with Gasteiger partial charge in [-0.15, -0.1) is 23.7 Å². The third-order valence-electron chi connectivity index (χ3n) is 1.92. The second kappa shape index (κ2) is 8.43. The molecule has 19 heavy (non-hydrogen) atoms. The van der Waals surface area contributed by atoms with Crippen molar-refractivity contribution in [2.75, 3.05) is 25.9 Å². The Labute approximate surface area is 122 Å². The predicted molar refractivity (Wildman–Crippen MR) is 77.3 cm³/mol. The molecule has 0 atom stereocenters. The van der Waals surface area contributed by atoms with E-state index in [2.05, 4.69) is 15.0 Å². The Morgan fingerprint density at radius 2 is 2.16 bits per heavy atom. The summed E-state index contributed by atoms with van der Waals surface area (Å²) in [6.45, 7) is 0.868. The van der Waals surface area contributed by atoms with Crippen LogP contribution in [-0.2, 0) is 16.4 Å². The van der Waals surface area contributed by atoms with Gasteiger partial charge in [0.2, 0.25) is 10.0 Å². The van der Waals surface area contributed by atoms with Crippen molar-refractivity contribution in [3.05, 3.63) is 16.1 Å². The number of nitrogens with zero attached hydrogens (tertiary/aromatic N) is 1. The molecule has 10 heteroatoms. The molecule has 0 radical (unpaired) electrons. The smallest absolute Gasteiger partial charge is 0.270 e. The number of hydrogen-bond donors (Lipinski definition) is 3. The molecule has 0 aromatic carbocycles. The van der Waals surface area contributed by atoms with Crippen molar-refractivity contribution in [2.45, 2.75) is 6.42 Å². The molecule has 0 fully saturated rings. The average molecular weight is 329 g/mol. The van der Waals surface area contributed by atoms with Crippen LogP contribution in [0, 0.1) is 0 Å². The first-order valence-electron chi connectivity index (χ1n) is 5.29. The van der Waals surface area contributed by atoms with E-state index < -0.39 is 10.0 Å². The maximum Gasteiger partial charge on any atom is 0.270 e. The summed E-state index contributed by atoms with van der Waals surface area (Å²) in [5.74, 6) is -0.315. The Kier molecular flexibility index (Phi) is 8.11. The van der Waals surface area contributed by atoms with E-state index in [1.807, 2.05) is 0 Å². The number of sulfonamides is 1. The van der Waals surface area contributed by atoms with Gasteiger partial charge < -0.3 is 11.1 Å². The number of carbonyl (C=O) groups is 1. The molecular weight excluding hydrogens is 312 g/mol. The summed E-state index contributed by atoms with van der Waals surface area (Å²) in [4.78, 5) is 15.7. The van der Waals surface area contributed by atoms with E-state index in [1.54, 1.807) is 5.38 Å². The fraction of sp³-hybridized carbons (Fsp3) is 0.556. The van der Waals surface area contributed by atoms with Gasteiger partial charge in [-0.25, -0.2) is 18.1 Å². The number of aromatic nitrogens is 1. The zero-order valence-electron chi connectivity index (χ0n) is 10.4. The molecule has 0 saturated carbocycles.